The number of nitrogens with one attached hydrogen (secondary N) is 1. The van der Waals surface area contributed by atoms with Crippen molar-refractivity contribution < 1.29 is 4.92 Å². The molecule has 1 aromatic rings. The molecule has 106 valence electrons. The number of anilines is 1. The second-order valence-corrected chi connectivity index (χ2v) is 4.84. The fraction of sp³-hybridized carbons (Fsp3) is 0.538. The van der Waals surface area contributed by atoms with Gasteiger partial charge in [-0.3, -0.25) is 10.1 Å². The van der Waals surface area contributed by atoms with E-state index in [-0.39, 0.29) is 17.3 Å². The quantitative estimate of drug-likeness (QED) is 0.660. The SMILES string of the molecule is CNCC1CCCCN1c1ncc(C#N)cc1[N+](=O)[O-]. The molecule has 20 heavy (non-hydrogen) atoms. The topological polar surface area (TPSA) is 95.1 Å². The Morgan fingerprint density at radius 2 is 2.45 bits per heavy atom. The summed E-state index contributed by atoms with van der Waals surface area (Å²) in [6, 6.07) is 3.39. The molecule has 1 aromatic heterocycles. The van der Waals surface area contributed by atoms with Crippen LogP contribution in [0.4, 0.5) is 11.5 Å². The predicted octanol–water partition coefficient (Wildman–Crippen LogP) is 1.44. The molecule has 0 spiro atoms. The van der Waals surface area contributed by atoms with Crippen molar-refractivity contribution in [3.05, 3.63) is 27.9 Å². The third-order valence-electron chi connectivity index (χ3n) is 3.51. The number of likely N-dealkylation sites (N-methyl/N-ethyl adjacent to an activating group) is 1. The lowest BCUT2D eigenvalue weighted by Crippen LogP contribution is -2.45. The van der Waals surface area contributed by atoms with E-state index in [1.165, 1.54) is 12.3 Å². The van der Waals surface area contributed by atoms with Crippen LogP contribution in [-0.2, 0) is 0 Å². The highest BCUT2D eigenvalue weighted by molar-refractivity contribution is 5.60. The highest BCUT2D eigenvalue weighted by Gasteiger charge is 2.29. The van der Waals surface area contributed by atoms with Crippen molar-refractivity contribution in [2.24, 2.45) is 0 Å². The van der Waals surface area contributed by atoms with E-state index in [9.17, 15) is 10.1 Å². The Labute approximate surface area is 117 Å². The number of nitrogens with zero attached hydrogens (tertiary/aromatic N) is 4. The molecule has 0 aromatic carbocycles. The Morgan fingerprint density at radius 1 is 1.65 bits per heavy atom. The zero-order chi connectivity index (χ0) is 14.5. The average molecular weight is 275 g/mol. The van der Waals surface area contributed by atoms with Gasteiger partial charge in [0.15, 0.2) is 0 Å². The van der Waals surface area contributed by atoms with Gasteiger partial charge in [-0.1, -0.05) is 0 Å². The minimum Gasteiger partial charge on any atom is -0.347 e. The number of hydrogen-bond acceptors (Lipinski definition) is 6. The summed E-state index contributed by atoms with van der Waals surface area (Å²) in [6.07, 6.45) is 4.50. The van der Waals surface area contributed by atoms with Gasteiger partial charge >= 0.3 is 5.69 Å². The minimum atomic E-state index is -0.464. The molecular weight excluding hydrogens is 258 g/mol. The molecule has 1 atom stereocenters. The second-order valence-electron chi connectivity index (χ2n) is 4.84. The molecular formula is C13H17N5O2. The average Bonchev–Trinajstić information content (AvgIpc) is 2.47. The number of aromatic nitrogens is 1. The molecule has 7 heteroatoms. The van der Waals surface area contributed by atoms with E-state index < -0.39 is 4.92 Å². The maximum atomic E-state index is 11.2. The van der Waals surface area contributed by atoms with Gasteiger partial charge in [0.25, 0.3) is 0 Å². The Balaban J connectivity index is 2.39. The van der Waals surface area contributed by atoms with Crippen molar-refractivity contribution in [1.82, 2.24) is 10.3 Å². The largest absolute Gasteiger partial charge is 0.347 e. The normalized spacial score (nSPS) is 18.6. The zero-order valence-electron chi connectivity index (χ0n) is 11.4. The maximum Gasteiger partial charge on any atom is 0.312 e. The summed E-state index contributed by atoms with van der Waals surface area (Å²) >= 11 is 0. The van der Waals surface area contributed by atoms with E-state index in [4.69, 9.17) is 5.26 Å². The molecule has 1 fully saturated rings. The third-order valence-corrected chi connectivity index (χ3v) is 3.51. The molecule has 0 saturated carbocycles. The summed E-state index contributed by atoms with van der Waals surface area (Å²) in [5.41, 5.74) is 0.120. The lowest BCUT2D eigenvalue weighted by atomic mass is 10.0. The van der Waals surface area contributed by atoms with Gasteiger partial charge in [-0.15, -0.1) is 0 Å². The fourth-order valence-electron chi connectivity index (χ4n) is 2.59. The molecule has 1 unspecified atom stereocenters. The van der Waals surface area contributed by atoms with Crippen LogP contribution in [0.25, 0.3) is 0 Å². The van der Waals surface area contributed by atoms with Crippen molar-refractivity contribution in [3.63, 3.8) is 0 Å². The van der Waals surface area contributed by atoms with Crippen molar-refractivity contribution in [2.45, 2.75) is 25.3 Å². The number of pyridine rings is 1. The summed E-state index contributed by atoms with van der Waals surface area (Å²) in [5.74, 6) is 0.369. The van der Waals surface area contributed by atoms with E-state index in [2.05, 4.69) is 10.3 Å². The molecule has 0 aliphatic carbocycles. The number of nitro groups is 1. The van der Waals surface area contributed by atoms with E-state index in [1.807, 2.05) is 18.0 Å². The van der Waals surface area contributed by atoms with Crippen LogP contribution in [0.1, 0.15) is 24.8 Å². The first-order valence-corrected chi connectivity index (χ1v) is 6.63. The van der Waals surface area contributed by atoms with Crippen LogP contribution in [0.5, 0.6) is 0 Å². The molecule has 0 radical (unpaired) electrons. The molecule has 7 nitrogen and oxygen atoms in total. The van der Waals surface area contributed by atoms with Crippen molar-refractivity contribution in [2.75, 3.05) is 25.0 Å². The molecule has 2 rings (SSSR count). The Kier molecular flexibility index (Phi) is 4.48. The lowest BCUT2D eigenvalue weighted by Gasteiger charge is -2.36. The summed E-state index contributed by atoms with van der Waals surface area (Å²) < 4.78 is 0. The molecule has 2 heterocycles. The number of hydrogen-bond donors (Lipinski definition) is 1. The van der Waals surface area contributed by atoms with Gasteiger partial charge in [-0.05, 0) is 26.3 Å². The first kappa shape index (κ1) is 14.2. The van der Waals surface area contributed by atoms with E-state index >= 15 is 0 Å². The van der Waals surface area contributed by atoms with Gasteiger partial charge in [0.05, 0.1) is 10.5 Å². The van der Waals surface area contributed by atoms with Crippen LogP contribution >= 0.6 is 0 Å². The van der Waals surface area contributed by atoms with Crippen LogP contribution in [0.15, 0.2) is 12.3 Å². The minimum absolute atomic E-state index is 0.0907. The second kappa shape index (κ2) is 6.30. The van der Waals surface area contributed by atoms with Crippen LogP contribution in [0, 0.1) is 21.4 Å². The summed E-state index contributed by atoms with van der Waals surface area (Å²) in [5, 5.41) is 23.2. The summed E-state index contributed by atoms with van der Waals surface area (Å²) in [6.45, 7) is 1.52. The first-order chi connectivity index (χ1) is 9.67. The van der Waals surface area contributed by atoms with Gasteiger partial charge in [0, 0.05) is 31.4 Å². The first-order valence-electron chi connectivity index (χ1n) is 6.63. The van der Waals surface area contributed by atoms with Crippen molar-refractivity contribution >= 4 is 11.5 Å². The lowest BCUT2D eigenvalue weighted by molar-refractivity contribution is -0.384. The van der Waals surface area contributed by atoms with Crippen LogP contribution in [0.3, 0.4) is 0 Å². The van der Waals surface area contributed by atoms with Crippen LogP contribution in [0.2, 0.25) is 0 Å². The summed E-state index contributed by atoms with van der Waals surface area (Å²) in [7, 11) is 1.87. The van der Waals surface area contributed by atoms with Gasteiger partial charge in [-0.25, -0.2) is 4.98 Å². The molecule has 1 N–H and O–H groups in total. The van der Waals surface area contributed by atoms with E-state index in [0.29, 0.717) is 5.82 Å². The smallest absolute Gasteiger partial charge is 0.312 e. The summed E-state index contributed by atoms with van der Waals surface area (Å²) in [4.78, 5) is 16.9. The fourth-order valence-corrected chi connectivity index (χ4v) is 2.59. The Morgan fingerprint density at radius 3 is 3.10 bits per heavy atom. The number of nitriles is 1. The molecule has 1 saturated heterocycles. The zero-order valence-corrected chi connectivity index (χ0v) is 11.4. The van der Waals surface area contributed by atoms with E-state index in [0.717, 1.165) is 32.4 Å². The maximum absolute atomic E-state index is 11.2. The van der Waals surface area contributed by atoms with Gasteiger partial charge < -0.3 is 10.2 Å². The highest BCUT2D eigenvalue weighted by atomic mass is 16.6. The highest BCUT2D eigenvalue weighted by Crippen LogP contribution is 2.31. The Hall–Kier alpha value is -2.20. The van der Waals surface area contributed by atoms with Crippen LogP contribution in [-0.4, -0.2) is 36.1 Å². The number of piperidine rings is 1. The van der Waals surface area contributed by atoms with Gasteiger partial charge in [0.1, 0.15) is 6.07 Å². The Bertz CT molecular complexity index is 538. The van der Waals surface area contributed by atoms with Crippen LogP contribution < -0.4 is 10.2 Å². The molecule has 0 amide bonds. The predicted molar refractivity (Wildman–Crippen MR) is 74.5 cm³/mol. The van der Waals surface area contributed by atoms with Crippen molar-refractivity contribution in [1.29, 1.82) is 5.26 Å². The van der Waals surface area contributed by atoms with Gasteiger partial charge in [-0.2, -0.15) is 5.26 Å². The van der Waals surface area contributed by atoms with Crippen molar-refractivity contribution in [3.8, 4) is 6.07 Å². The standard InChI is InChI=1S/C13H17N5O2/c1-15-9-11-4-2-3-5-17(11)13-12(18(19)20)6-10(7-14)8-16-13/h6,8,11,15H,2-5,9H2,1H3. The number of rotatable bonds is 4. The van der Waals surface area contributed by atoms with E-state index in [1.54, 1.807) is 0 Å². The third kappa shape index (κ3) is 2.86. The van der Waals surface area contributed by atoms with Gasteiger partial charge in [0.2, 0.25) is 5.82 Å². The monoisotopic (exact) mass is 275 g/mol. The molecule has 1 aliphatic rings. The molecule has 1 aliphatic heterocycles. The molecule has 0 bridgehead atoms.